The molecule has 0 amide bonds. The third kappa shape index (κ3) is 17.5. The summed E-state index contributed by atoms with van der Waals surface area (Å²) in [6, 6.07) is 4.11. The number of rotatable bonds is 0. The van der Waals surface area contributed by atoms with Crippen LogP contribution in [-0.2, 0) is 211 Å². The van der Waals surface area contributed by atoms with Gasteiger partial charge in [-0.2, -0.15) is 0 Å². The Morgan fingerprint density at radius 3 is 0.919 bits per heavy atom. The van der Waals surface area contributed by atoms with Crippen LogP contribution in [0.3, 0.4) is 0 Å². The number of hydrogen-bond donors (Lipinski definition) is 2. The molecule has 0 saturated carbocycles. The summed E-state index contributed by atoms with van der Waals surface area (Å²) in [7, 11) is 34.5. The Kier molecular flexibility index (Phi) is 24.1. The Labute approximate surface area is 285 Å². The van der Waals surface area contributed by atoms with Gasteiger partial charge < -0.3 is 11.5 Å². The molecule has 0 fully saturated rings. The molecule has 4 N–H and O–H groups in total. The number of fused-ring (bicyclic) bond motifs is 1. The van der Waals surface area contributed by atoms with Crippen LogP contribution in [-0.4, -0.2) is 0 Å². The number of nitrogens with two attached hydrogens (primary N) is 2. The molecule has 1 aliphatic carbocycles. The summed E-state index contributed by atoms with van der Waals surface area (Å²) in [6.07, 6.45) is 1.15. The van der Waals surface area contributed by atoms with Gasteiger partial charge in [-0.05, 0) is 40.5 Å². The van der Waals surface area contributed by atoms with E-state index in [0.717, 1.165) is 6.42 Å². The first-order chi connectivity index (χ1) is 17.7. The van der Waals surface area contributed by atoms with Crippen molar-refractivity contribution in [3.05, 3.63) is 23.3 Å². The number of benzene rings is 1. The Hall–Kier alpha value is 3.66. The van der Waals surface area contributed by atoms with Gasteiger partial charge in [0.15, 0.2) is 0 Å². The van der Waals surface area contributed by atoms with Gasteiger partial charge in [0.05, 0.1) is 11.4 Å². The van der Waals surface area contributed by atoms with E-state index in [1.807, 2.05) is 0 Å². The summed E-state index contributed by atoms with van der Waals surface area (Å²) in [4.78, 5) is 0. The zero-order valence-corrected chi connectivity index (χ0v) is 37.0. The van der Waals surface area contributed by atoms with Crippen LogP contribution in [0, 0.1) is 0 Å². The maximum absolute atomic E-state index is 5.88. The Bertz CT molecular complexity index is 1740. The van der Waals surface area contributed by atoms with E-state index in [1.165, 1.54) is 28.9 Å². The molecule has 0 spiro atoms. The lowest BCUT2D eigenvalue weighted by Crippen LogP contribution is -2.18. The standard InChI is InChI=1S/C13H20N2.S22/c1-12(2)7-13(3,4)9-6-11(15)10(14)5-8(9)12;1-3-5-7-9-11-13-15-17-19-21-22-20-18-16-14-12-10-8-6-4-2/h5-6H,7,14-15H2,1-4H3;. The fourth-order valence-electron chi connectivity index (χ4n) is 3.25. The Balaban J connectivity index is 0.000000394. The van der Waals surface area contributed by atoms with Crippen LogP contribution in [0.4, 0.5) is 11.4 Å². The van der Waals surface area contributed by atoms with Crippen LogP contribution in [0.15, 0.2) is 12.1 Å². The number of nitrogen functional groups attached to an aromatic ring is 2. The quantitative estimate of drug-likeness (QED) is 0.394. The first-order valence-corrected chi connectivity index (χ1v) is 36.9. The number of anilines is 2. The van der Waals surface area contributed by atoms with Gasteiger partial charge in [-0.1, -0.05) is 27.7 Å². The fourth-order valence-corrected chi connectivity index (χ4v) is 52.7. The van der Waals surface area contributed by atoms with Crippen LogP contribution >= 0.6 is 0 Å². The van der Waals surface area contributed by atoms with Crippen molar-refractivity contribution in [1.82, 2.24) is 0 Å². The van der Waals surface area contributed by atoms with Gasteiger partial charge in [-0.3, -0.25) is 0 Å². The zero-order chi connectivity index (χ0) is 27.6. The van der Waals surface area contributed by atoms with E-state index in [2.05, 4.69) is 39.8 Å². The molecule has 2 nitrogen and oxygen atoms in total. The second-order valence-electron chi connectivity index (χ2n) is 7.33. The molecule has 0 heterocycles. The van der Waals surface area contributed by atoms with E-state index in [-0.39, 0.29) is 10.8 Å². The number of hydrogen-bond acceptors (Lipinski definition) is 4. The highest BCUT2D eigenvalue weighted by molar-refractivity contribution is 8.78. The average Bonchev–Trinajstić information content (AvgIpc) is 3.02. The van der Waals surface area contributed by atoms with Crippen LogP contribution in [0.5, 0.6) is 0 Å². The molecule has 2 rings (SSSR count). The highest BCUT2D eigenvalue weighted by Crippen LogP contribution is 2.50. The summed E-state index contributed by atoms with van der Waals surface area (Å²) in [5.74, 6) is 0. The lowest BCUT2D eigenvalue weighted by atomic mass is 9.82. The van der Waals surface area contributed by atoms with E-state index < -0.39 is 0 Å². The van der Waals surface area contributed by atoms with Crippen LogP contribution in [0.25, 0.3) is 0 Å². The zero-order valence-electron chi connectivity index (χ0n) is 19.0. The first-order valence-electron chi connectivity index (χ1n) is 8.94. The molecule has 0 unspecified atom stereocenters. The second kappa shape index (κ2) is 23.1. The van der Waals surface area contributed by atoms with Crippen molar-refractivity contribution >= 4 is 211 Å². The molecular weight excluding hydrogens is 890 g/mol. The summed E-state index contributed by atoms with van der Waals surface area (Å²) >= 11 is 9.53. The van der Waals surface area contributed by atoms with Crippen molar-refractivity contribution in [1.29, 1.82) is 0 Å². The first kappa shape index (κ1) is 38.7. The Morgan fingerprint density at radius 1 is 0.486 bits per heavy atom. The smallest absolute Gasteiger partial charge is 0.0550 e. The van der Waals surface area contributed by atoms with Gasteiger partial charge in [-0.25, -0.2) is 0 Å². The predicted molar refractivity (Wildman–Crippen MR) is 228 cm³/mol. The summed E-state index contributed by atoms with van der Waals surface area (Å²) in [5, 5.41) is 0. The summed E-state index contributed by atoms with van der Waals surface area (Å²) in [6.45, 7) is 9.10. The molecule has 1 aromatic rings. The van der Waals surface area contributed by atoms with Crippen molar-refractivity contribution in [2.24, 2.45) is 0 Å². The van der Waals surface area contributed by atoms with Gasteiger partial charge in [0, 0.05) is 200 Å². The van der Waals surface area contributed by atoms with Crippen molar-refractivity contribution in [3.63, 3.8) is 0 Å². The molecule has 0 aliphatic heterocycles. The van der Waals surface area contributed by atoms with Gasteiger partial charge in [0.1, 0.15) is 0 Å². The molecule has 24 heteroatoms. The lowest BCUT2D eigenvalue weighted by Gasteiger charge is -2.22. The minimum absolute atomic E-state index is 0.209. The SMILES string of the molecule is CC1(C)CC(C)(C)c2cc(N)c(N)cc21.S=S=S=S=S=S=S=S=S=S=S=S=S=S=S=S=S=S=S=S=S=S. The van der Waals surface area contributed by atoms with Crippen molar-refractivity contribution in [2.75, 3.05) is 11.5 Å². The second-order valence-corrected chi connectivity index (χ2v) is 42.7. The Morgan fingerprint density at radius 2 is 0.703 bits per heavy atom. The van der Waals surface area contributed by atoms with Crippen LogP contribution in [0.1, 0.15) is 45.2 Å². The minimum Gasteiger partial charge on any atom is -0.397 e. The molecule has 0 bridgehead atoms. The highest BCUT2D eigenvalue weighted by atomic mass is 33.5. The topological polar surface area (TPSA) is 52.0 Å². The third-order valence-corrected chi connectivity index (χ3v) is 46.3. The summed E-state index contributed by atoms with van der Waals surface area (Å²) < 4.78 is 0. The predicted octanol–water partition coefficient (Wildman–Crippen LogP) is 2.76. The van der Waals surface area contributed by atoms with E-state index in [4.69, 9.17) is 33.8 Å². The molecule has 0 radical (unpaired) electrons. The van der Waals surface area contributed by atoms with Crippen molar-refractivity contribution in [2.45, 2.75) is 44.9 Å². The van der Waals surface area contributed by atoms with Gasteiger partial charge in [0.25, 0.3) is 0 Å². The van der Waals surface area contributed by atoms with E-state index >= 15 is 0 Å². The van der Waals surface area contributed by atoms with Gasteiger partial charge in [-0.15, -0.1) is 0 Å². The van der Waals surface area contributed by atoms with Crippen LogP contribution in [0.2, 0.25) is 0 Å². The van der Waals surface area contributed by atoms with Crippen molar-refractivity contribution in [3.8, 4) is 0 Å². The molecule has 0 aromatic heterocycles. The van der Waals surface area contributed by atoms with E-state index in [0.29, 0.717) is 11.4 Å². The van der Waals surface area contributed by atoms with Gasteiger partial charge >= 0.3 is 0 Å². The molecule has 0 atom stereocenters. The monoisotopic (exact) mass is 908 g/mol. The fraction of sp³-hybridized carbons (Fsp3) is 0.538. The largest absolute Gasteiger partial charge is 0.397 e. The molecule has 1 aromatic carbocycles. The molecule has 0 saturated heterocycles. The molecule has 214 valence electrons. The minimum atomic E-state index is 0.209. The maximum Gasteiger partial charge on any atom is 0.0550 e. The maximum atomic E-state index is 5.88. The van der Waals surface area contributed by atoms with E-state index in [9.17, 15) is 0 Å². The van der Waals surface area contributed by atoms with Crippen molar-refractivity contribution < 1.29 is 0 Å². The normalized spacial score (nSPS) is 13.1. The van der Waals surface area contributed by atoms with Crippen LogP contribution < -0.4 is 11.5 Å². The highest BCUT2D eigenvalue weighted by Gasteiger charge is 2.42. The lowest BCUT2D eigenvalue weighted by molar-refractivity contribution is 0.403. The molecule has 1 aliphatic rings. The molecular formula is C13H20N2S22. The molecule has 37 heavy (non-hydrogen) atoms. The van der Waals surface area contributed by atoms with E-state index in [1.54, 1.807) is 160 Å². The third-order valence-electron chi connectivity index (χ3n) is 4.09. The average molecular weight is 910 g/mol. The van der Waals surface area contributed by atoms with Gasteiger partial charge in [0.2, 0.25) is 0 Å². The summed E-state index contributed by atoms with van der Waals surface area (Å²) in [5.41, 5.74) is 16.3.